The summed E-state index contributed by atoms with van der Waals surface area (Å²) in [5.41, 5.74) is 4.86. The van der Waals surface area contributed by atoms with Crippen molar-refractivity contribution in [1.29, 1.82) is 0 Å². The van der Waals surface area contributed by atoms with Crippen LogP contribution in [-0.2, 0) is 6.18 Å². The molecule has 0 fully saturated rings. The molecule has 0 bridgehead atoms. The average molecular weight is 411 g/mol. The Bertz CT molecular complexity index is 870. The van der Waals surface area contributed by atoms with Gasteiger partial charge in [0, 0.05) is 11.7 Å². The second kappa shape index (κ2) is 8.59. The minimum Gasteiger partial charge on any atom is -0.493 e. The topological polar surface area (TPSA) is 97.5 Å². The van der Waals surface area contributed by atoms with Crippen molar-refractivity contribution in [3.63, 3.8) is 0 Å². The van der Waals surface area contributed by atoms with Crippen LogP contribution in [0.1, 0.15) is 32.8 Å². The highest BCUT2D eigenvalue weighted by molar-refractivity contribution is 5.68. The van der Waals surface area contributed by atoms with Crippen LogP contribution >= 0.6 is 0 Å². The molecule has 0 aliphatic heterocycles. The first-order valence-electron chi connectivity index (χ1n) is 8.94. The van der Waals surface area contributed by atoms with Gasteiger partial charge in [-0.15, -0.1) is 0 Å². The van der Waals surface area contributed by atoms with Crippen molar-refractivity contribution in [3.05, 3.63) is 42.1 Å². The summed E-state index contributed by atoms with van der Waals surface area (Å²) in [6.07, 6.45) is -3.93. The van der Waals surface area contributed by atoms with E-state index in [4.69, 9.17) is 15.6 Å². The molecule has 158 valence electrons. The number of carboxylic acid groups (broad SMARTS) is 1. The molecule has 1 heterocycles. The predicted molar refractivity (Wildman–Crippen MR) is 104 cm³/mol. The van der Waals surface area contributed by atoms with Crippen molar-refractivity contribution in [2.24, 2.45) is 5.92 Å². The number of halogens is 3. The summed E-state index contributed by atoms with van der Waals surface area (Å²) in [6, 6.07) is 6.90. The predicted octanol–water partition coefficient (Wildman–Crippen LogP) is 4.80. The molecule has 1 amide bonds. The Kier molecular flexibility index (Phi) is 6.61. The number of nitrogens with one attached hydrogen (secondary N) is 1. The maximum atomic E-state index is 13.6. The number of rotatable bonds is 7. The van der Waals surface area contributed by atoms with E-state index in [1.807, 2.05) is 0 Å². The number of amides is 1. The summed E-state index contributed by atoms with van der Waals surface area (Å²) >= 11 is 0. The molecule has 1 aromatic carbocycles. The minimum absolute atomic E-state index is 0.00929. The van der Waals surface area contributed by atoms with Crippen LogP contribution in [0.25, 0.3) is 11.1 Å². The number of alkyl halides is 3. The summed E-state index contributed by atoms with van der Waals surface area (Å²) in [6.45, 7) is 5.20. The maximum Gasteiger partial charge on any atom is 0.419 e. The number of aromatic nitrogens is 1. The zero-order valence-electron chi connectivity index (χ0n) is 16.4. The van der Waals surface area contributed by atoms with E-state index >= 15 is 0 Å². The van der Waals surface area contributed by atoms with Gasteiger partial charge in [0.05, 0.1) is 12.2 Å². The van der Waals surface area contributed by atoms with Crippen LogP contribution in [0.5, 0.6) is 5.75 Å². The first-order valence-corrected chi connectivity index (χ1v) is 8.94. The van der Waals surface area contributed by atoms with Crippen molar-refractivity contribution >= 4 is 11.9 Å². The Morgan fingerprint density at radius 1 is 1.24 bits per heavy atom. The summed E-state index contributed by atoms with van der Waals surface area (Å²) in [4.78, 5) is 14.7. The van der Waals surface area contributed by atoms with E-state index in [1.165, 1.54) is 24.4 Å². The van der Waals surface area contributed by atoms with E-state index in [2.05, 4.69) is 10.3 Å². The Morgan fingerprint density at radius 3 is 2.48 bits per heavy atom. The molecule has 0 radical (unpaired) electrons. The third-order valence-electron chi connectivity index (χ3n) is 4.23. The Labute approximate surface area is 166 Å². The lowest BCUT2D eigenvalue weighted by molar-refractivity contribution is -0.139. The number of hydrogen-bond donors (Lipinski definition) is 3. The number of carbonyl (C=O) groups is 1. The molecule has 0 saturated carbocycles. The molecule has 9 heteroatoms. The smallest absolute Gasteiger partial charge is 0.419 e. The lowest BCUT2D eigenvalue weighted by Gasteiger charge is -2.28. The molecule has 2 rings (SSSR count). The van der Waals surface area contributed by atoms with Crippen LogP contribution in [-0.4, -0.2) is 28.3 Å². The van der Waals surface area contributed by atoms with E-state index in [-0.39, 0.29) is 24.1 Å². The summed E-state index contributed by atoms with van der Waals surface area (Å²) in [5.74, 6) is -0.250. The molecular weight excluding hydrogens is 387 g/mol. The SMILES string of the molecule is C[C@H](COc1ccc(-c2ccnc(N)c2)cc1C(F)(F)F)CC(C)(C)NC(=O)O. The molecule has 2 aromatic rings. The minimum atomic E-state index is -4.60. The fourth-order valence-corrected chi connectivity index (χ4v) is 3.19. The molecule has 0 spiro atoms. The number of anilines is 1. The van der Waals surface area contributed by atoms with Crippen molar-refractivity contribution in [3.8, 4) is 16.9 Å². The van der Waals surface area contributed by atoms with Gasteiger partial charge < -0.3 is 20.9 Å². The number of hydrogen-bond acceptors (Lipinski definition) is 4. The molecule has 6 nitrogen and oxygen atoms in total. The van der Waals surface area contributed by atoms with E-state index in [1.54, 1.807) is 26.8 Å². The van der Waals surface area contributed by atoms with Gasteiger partial charge in [-0.25, -0.2) is 9.78 Å². The second-order valence-corrected chi connectivity index (χ2v) is 7.61. The van der Waals surface area contributed by atoms with Crippen molar-refractivity contribution in [2.75, 3.05) is 12.3 Å². The monoisotopic (exact) mass is 411 g/mol. The van der Waals surface area contributed by atoms with Crippen LogP contribution in [0.4, 0.5) is 23.8 Å². The number of nitrogen functional groups attached to an aromatic ring is 1. The van der Waals surface area contributed by atoms with Gasteiger partial charge in [-0.3, -0.25) is 0 Å². The number of benzene rings is 1. The Hall–Kier alpha value is -2.97. The van der Waals surface area contributed by atoms with Crippen LogP contribution < -0.4 is 15.8 Å². The molecule has 0 unspecified atom stereocenters. The summed E-state index contributed by atoms with van der Waals surface area (Å²) < 4.78 is 46.2. The molecule has 1 atom stereocenters. The first kappa shape index (κ1) is 22.3. The van der Waals surface area contributed by atoms with Gasteiger partial charge in [0.25, 0.3) is 0 Å². The molecular formula is C20H24F3N3O3. The summed E-state index contributed by atoms with van der Waals surface area (Å²) in [7, 11) is 0. The van der Waals surface area contributed by atoms with Crippen molar-refractivity contribution in [2.45, 2.75) is 38.9 Å². The van der Waals surface area contributed by atoms with Crippen LogP contribution in [0, 0.1) is 5.92 Å². The highest BCUT2D eigenvalue weighted by Crippen LogP contribution is 2.39. The van der Waals surface area contributed by atoms with E-state index in [9.17, 15) is 18.0 Å². The van der Waals surface area contributed by atoms with E-state index < -0.39 is 23.4 Å². The average Bonchev–Trinajstić information content (AvgIpc) is 2.57. The van der Waals surface area contributed by atoms with Gasteiger partial charge in [-0.2, -0.15) is 13.2 Å². The van der Waals surface area contributed by atoms with Gasteiger partial charge in [-0.1, -0.05) is 13.0 Å². The van der Waals surface area contributed by atoms with Crippen molar-refractivity contribution < 1.29 is 27.8 Å². The molecule has 0 saturated heterocycles. The van der Waals surface area contributed by atoms with Crippen LogP contribution in [0.3, 0.4) is 0 Å². The Balaban J connectivity index is 2.19. The third kappa shape index (κ3) is 6.55. The zero-order valence-corrected chi connectivity index (χ0v) is 16.4. The Morgan fingerprint density at radius 2 is 1.90 bits per heavy atom. The lowest BCUT2D eigenvalue weighted by Crippen LogP contribution is -2.44. The zero-order chi connectivity index (χ0) is 21.8. The quantitative estimate of drug-likeness (QED) is 0.608. The molecule has 0 aliphatic rings. The highest BCUT2D eigenvalue weighted by Gasteiger charge is 2.35. The number of pyridine rings is 1. The number of nitrogens with two attached hydrogens (primary N) is 1. The van der Waals surface area contributed by atoms with Crippen LogP contribution in [0.2, 0.25) is 0 Å². The number of ether oxygens (including phenoxy) is 1. The van der Waals surface area contributed by atoms with Gasteiger partial charge in [0.1, 0.15) is 11.6 Å². The molecule has 29 heavy (non-hydrogen) atoms. The summed E-state index contributed by atoms with van der Waals surface area (Å²) in [5, 5.41) is 11.2. The van der Waals surface area contributed by atoms with Gasteiger partial charge in [0.2, 0.25) is 0 Å². The second-order valence-electron chi connectivity index (χ2n) is 7.61. The molecule has 1 aromatic heterocycles. The van der Waals surface area contributed by atoms with E-state index in [0.29, 0.717) is 17.5 Å². The van der Waals surface area contributed by atoms with Crippen molar-refractivity contribution in [1.82, 2.24) is 10.3 Å². The van der Waals surface area contributed by atoms with Gasteiger partial charge >= 0.3 is 12.3 Å². The number of nitrogens with zero attached hydrogens (tertiary/aromatic N) is 1. The fraction of sp³-hybridized carbons (Fsp3) is 0.400. The first-order chi connectivity index (χ1) is 13.4. The third-order valence-corrected chi connectivity index (χ3v) is 4.23. The lowest BCUT2D eigenvalue weighted by atomic mass is 9.92. The fourth-order valence-electron chi connectivity index (χ4n) is 3.19. The van der Waals surface area contributed by atoms with E-state index in [0.717, 1.165) is 6.07 Å². The van der Waals surface area contributed by atoms with Gasteiger partial charge in [-0.05, 0) is 61.6 Å². The normalized spacial score (nSPS) is 13.0. The molecule has 0 aliphatic carbocycles. The van der Waals surface area contributed by atoms with Crippen LogP contribution in [0.15, 0.2) is 36.5 Å². The highest BCUT2D eigenvalue weighted by atomic mass is 19.4. The standard InChI is InChI=1S/C20H24F3N3O3/c1-12(10-19(2,3)26-18(27)28)11-29-16-5-4-13(8-15(16)20(21,22)23)14-6-7-25-17(24)9-14/h4-9,12,26H,10-11H2,1-3H3,(H2,24,25)(H,27,28)/t12-/m0/s1. The molecule has 4 N–H and O–H groups in total. The van der Waals surface area contributed by atoms with Gasteiger partial charge in [0.15, 0.2) is 0 Å². The maximum absolute atomic E-state index is 13.6. The largest absolute Gasteiger partial charge is 0.493 e.